The fourth-order valence-corrected chi connectivity index (χ4v) is 3.68. The fourth-order valence-electron chi connectivity index (χ4n) is 3.68. The Morgan fingerprint density at radius 1 is 1.12 bits per heavy atom. The first-order valence-electron chi connectivity index (χ1n) is 6.73. The Hall–Kier alpha value is -0.120. The second-order valence-corrected chi connectivity index (χ2v) is 5.92. The lowest BCUT2D eigenvalue weighted by atomic mass is 9.66. The zero-order chi connectivity index (χ0) is 11.6. The normalized spacial score (nSPS) is 36.2. The van der Waals surface area contributed by atoms with Gasteiger partial charge in [-0.1, -0.05) is 25.7 Å². The van der Waals surface area contributed by atoms with Gasteiger partial charge in [-0.3, -0.25) is 0 Å². The summed E-state index contributed by atoms with van der Waals surface area (Å²) in [5, 5.41) is 10.9. The highest BCUT2D eigenvalue weighted by molar-refractivity contribution is 5.05. The number of aliphatic hydroxyl groups is 1. The van der Waals surface area contributed by atoms with Gasteiger partial charge in [0.1, 0.15) is 0 Å². The summed E-state index contributed by atoms with van der Waals surface area (Å²) in [5.74, 6) is 0. The molecule has 1 aliphatic heterocycles. The van der Waals surface area contributed by atoms with E-state index >= 15 is 0 Å². The molecule has 0 aromatic rings. The van der Waals surface area contributed by atoms with E-state index in [9.17, 15) is 5.11 Å². The van der Waals surface area contributed by atoms with Crippen LogP contribution in [0.2, 0.25) is 0 Å². The lowest BCUT2D eigenvalue weighted by Gasteiger charge is -2.44. The highest BCUT2D eigenvalue weighted by Gasteiger charge is 2.51. The maximum absolute atomic E-state index is 10.9. The number of rotatable bonds is 2. The van der Waals surface area contributed by atoms with Gasteiger partial charge in [0.25, 0.3) is 0 Å². The zero-order valence-electron chi connectivity index (χ0n) is 10.5. The third-order valence-electron chi connectivity index (χ3n) is 4.88. The van der Waals surface area contributed by atoms with Crippen molar-refractivity contribution in [2.75, 3.05) is 26.7 Å². The molecule has 0 amide bonds. The summed E-state index contributed by atoms with van der Waals surface area (Å²) < 4.78 is 0. The summed E-state index contributed by atoms with van der Waals surface area (Å²) in [6, 6.07) is 0. The minimum atomic E-state index is -0.527. The highest BCUT2D eigenvalue weighted by Crippen LogP contribution is 2.47. The molecular weight excluding hydrogens is 200 g/mol. The number of hydrogen-bond acceptors (Lipinski definition) is 3. The van der Waals surface area contributed by atoms with Crippen molar-refractivity contribution in [3.63, 3.8) is 0 Å². The first kappa shape index (κ1) is 12.3. The Balaban J connectivity index is 2.18. The van der Waals surface area contributed by atoms with Gasteiger partial charge >= 0.3 is 0 Å². The molecule has 0 aromatic heterocycles. The van der Waals surface area contributed by atoms with E-state index in [0.717, 1.165) is 32.4 Å². The van der Waals surface area contributed by atoms with E-state index in [0.29, 0.717) is 6.54 Å². The Morgan fingerprint density at radius 2 is 1.75 bits per heavy atom. The zero-order valence-corrected chi connectivity index (χ0v) is 10.5. The van der Waals surface area contributed by atoms with Crippen LogP contribution in [0, 0.1) is 5.41 Å². The fraction of sp³-hybridized carbons (Fsp3) is 1.00. The molecule has 0 aromatic carbocycles. The van der Waals surface area contributed by atoms with Gasteiger partial charge in [-0.25, -0.2) is 0 Å². The molecule has 1 saturated carbocycles. The third-order valence-corrected chi connectivity index (χ3v) is 4.88. The van der Waals surface area contributed by atoms with Crippen molar-refractivity contribution < 1.29 is 5.11 Å². The lowest BCUT2D eigenvalue weighted by molar-refractivity contribution is -0.0790. The Kier molecular flexibility index (Phi) is 3.57. The van der Waals surface area contributed by atoms with Gasteiger partial charge in [0.2, 0.25) is 0 Å². The Labute approximate surface area is 99.0 Å². The van der Waals surface area contributed by atoms with Crippen molar-refractivity contribution in [3.8, 4) is 0 Å². The summed E-state index contributed by atoms with van der Waals surface area (Å²) >= 11 is 0. The summed E-state index contributed by atoms with van der Waals surface area (Å²) in [6.07, 6.45) is 8.25. The molecule has 0 radical (unpaired) electrons. The molecule has 2 rings (SSSR count). The largest absolute Gasteiger partial charge is 0.388 e. The molecule has 0 bridgehead atoms. The molecular formula is C13H26N2O. The molecule has 1 saturated heterocycles. The second kappa shape index (κ2) is 4.63. The van der Waals surface area contributed by atoms with E-state index in [4.69, 9.17) is 5.73 Å². The van der Waals surface area contributed by atoms with Crippen molar-refractivity contribution in [1.29, 1.82) is 0 Å². The smallest absolute Gasteiger partial charge is 0.0853 e. The molecule has 16 heavy (non-hydrogen) atoms. The molecule has 3 heteroatoms. The number of likely N-dealkylation sites (tertiary alicyclic amines) is 1. The summed E-state index contributed by atoms with van der Waals surface area (Å²) in [6.45, 7) is 2.47. The first-order chi connectivity index (χ1) is 7.62. The van der Waals surface area contributed by atoms with Crippen molar-refractivity contribution in [1.82, 2.24) is 4.90 Å². The Bertz CT molecular complexity index is 236. The van der Waals surface area contributed by atoms with Crippen LogP contribution in [0.15, 0.2) is 0 Å². The SMILES string of the molecule is CN1CCC(O)(C2(CN)CCCCCC2)C1. The molecule has 3 nitrogen and oxygen atoms in total. The van der Waals surface area contributed by atoms with Gasteiger partial charge in [0.05, 0.1) is 5.60 Å². The van der Waals surface area contributed by atoms with E-state index in [-0.39, 0.29) is 5.41 Å². The highest BCUT2D eigenvalue weighted by atomic mass is 16.3. The van der Waals surface area contributed by atoms with Crippen molar-refractivity contribution >= 4 is 0 Å². The molecule has 1 aliphatic carbocycles. The predicted molar refractivity (Wildman–Crippen MR) is 66.3 cm³/mol. The van der Waals surface area contributed by atoms with E-state index in [2.05, 4.69) is 11.9 Å². The van der Waals surface area contributed by atoms with Crippen molar-refractivity contribution in [3.05, 3.63) is 0 Å². The van der Waals surface area contributed by atoms with Crippen molar-refractivity contribution in [2.45, 2.75) is 50.5 Å². The number of likely N-dealkylation sites (N-methyl/N-ethyl adjacent to an activating group) is 1. The van der Waals surface area contributed by atoms with E-state index in [1.807, 2.05) is 0 Å². The molecule has 1 heterocycles. The molecule has 2 aliphatic rings. The number of nitrogens with two attached hydrogens (primary N) is 1. The quantitative estimate of drug-likeness (QED) is 0.699. The molecule has 1 atom stereocenters. The van der Waals surface area contributed by atoms with Gasteiger partial charge < -0.3 is 15.7 Å². The molecule has 3 N–H and O–H groups in total. The van der Waals surface area contributed by atoms with Crippen LogP contribution in [0.3, 0.4) is 0 Å². The van der Waals surface area contributed by atoms with Gasteiger partial charge in [-0.05, 0) is 26.3 Å². The van der Waals surface area contributed by atoms with Crippen LogP contribution in [0.5, 0.6) is 0 Å². The predicted octanol–water partition coefficient (Wildman–Crippen LogP) is 1.35. The average molecular weight is 226 g/mol. The molecule has 1 unspecified atom stereocenters. The van der Waals surface area contributed by atoms with Gasteiger partial charge in [-0.2, -0.15) is 0 Å². The average Bonchev–Trinajstić information content (AvgIpc) is 2.53. The van der Waals surface area contributed by atoms with E-state index < -0.39 is 5.60 Å². The summed E-state index contributed by atoms with van der Waals surface area (Å²) in [4.78, 5) is 2.24. The van der Waals surface area contributed by atoms with E-state index in [1.54, 1.807) is 0 Å². The van der Waals surface area contributed by atoms with E-state index in [1.165, 1.54) is 25.7 Å². The van der Waals surface area contributed by atoms with Crippen LogP contribution in [0.1, 0.15) is 44.9 Å². The van der Waals surface area contributed by atoms with Gasteiger partial charge in [-0.15, -0.1) is 0 Å². The first-order valence-corrected chi connectivity index (χ1v) is 6.73. The lowest BCUT2D eigenvalue weighted by Crippen LogP contribution is -2.53. The molecule has 2 fully saturated rings. The van der Waals surface area contributed by atoms with Gasteiger partial charge in [0, 0.05) is 25.0 Å². The van der Waals surface area contributed by atoms with Crippen LogP contribution < -0.4 is 5.73 Å². The third kappa shape index (κ3) is 2.01. The number of nitrogens with zero attached hydrogens (tertiary/aromatic N) is 1. The van der Waals surface area contributed by atoms with Crippen LogP contribution in [-0.4, -0.2) is 42.3 Å². The monoisotopic (exact) mass is 226 g/mol. The standard InChI is InChI=1S/C13H26N2O/c1-15-9-8-13(16,11-15)12(10-14)6-4-2-3-5-7-12/h16H,2-11,14H2,1H3. The summed E-state index contributed by atoms with van der Waals surface area (Å²) in [7, 11) is 2.10. The maximum Gasteiger partial charge on any atom is 0.0853 e. The summed E-state index contributed by atoms with van der Waals surface area (Å²) in [5.41, 5.74) is 5.51. The topological polar surface area (TPSA) is 49.5 Å². The van der Waals surface area contributed by atoms with Crippen molar-refractivity contribution in [2.24, 2.45) is 11.1 Å². The molecule has 94 valence electrons. The second-order valence-electron chi connectivity index (χ2n) is 5.92. The van der Waals surface area contributed by atoms with Crippen LogP contribution in [-0.2, 0) is 0 Å². The van der Waals surface area contributed by atoms with Crippen LogP contribution in [0.25, 0.3) is 0 Å². The van der Waals surface area contributed by atoms with Crippen LogP contribution >= 0.6 is 0 Å². The number of β-amino-alcohol motifs (C(OH)–C–C–N with tert-alkyl or cyclic N) is 1. The van der Waals surface area contributed by atoms with Gasteiger partial charge in [0.15, 0.2) is 0 Å². The number of hydrogen-bond donors (Lipinski definition) is 2. The minimum absolute atomic E-state index is 0.00569. The minimum Gasteiger partial charge on any atom is -0.388 e. The van der Waals surface area contributed by atoms with Crippen LogP contribution in [0.4, 0.5) is 0 Å². The Morgan fingerprint density at radius 3 is 2.19 bits per heavy atom. The maximum atomic E-state index is 10.9. The molecule has 0 spiro atoms.